The molecule has 1 aliphatic rings. The predicted molar refractivity (Wildman–Crippen MR) is 76.8 cm³/mol. The summed E-state index contributed by atoms with van der Waals surface area (Å²) in [5.74, 6) is 0.473. The zero-order valence-electron chi connectivity index (χ0n) is 11.5. The maximum atomic E-state index is 12.1. The molecule has 0 bridgehead atoms. The van der Waals surface area contributed by atoms with Crippen molar-refractivity contribution in [2.75, 3.05) is 6.54 Å². The van der Waals surface area contributed by atoms with Crippen LogP contribution >= 0.6 is 0 Å². The molecule has 21 heavy (non-hydrogen) atoms. The molecule has 0 spiro atoms. The molecule has 108 valence electrons. The van der Waals surface area contributed by atoms with Gasteiger partial charge in [-0.15, -0.1) is 0 Å². The van der Waals surface area contributed by atoms with Gasteiger partial charge in [0.1, 0.15) is 11.8 Å². The van der Waals surface area contributed by atoms with Crippen LogP contribution in [0.2, 0.25) is 0 Å². The van der Waals surface area contributed by atoms with Crippen molar-refractivity contribution in [1.82, 2.24) is 10.6 Å². The standard InChI is InChI=1S/C16H16N2O3/c19-15-13-6-2-1-4-11(13)10-14(18-15)16(20)17-8-7-12-5-3-9-21-12/h1-6,9,14H,7-8,10H2,(H,17,20)(H,18,19)/t14-/m1/s1. The van der Waals surface area contributed by atoms with E-state index in [1.807, 2.05) is 30.3 Å². The Morgan fingerprint density at radius 3 is 2.95 bits per heavy atom. The number of amides is 2. The molecule has 2 heterocycles. The van der Waals surface area contributed by atoms with Crippen LogP contribution in [-0.4, -0.2) is 24.4 Å². The lowest BCUT2D eigenvalue weighted by molar-refractivity contribution is -0.123. The molecule has 3 rings (SSSR count). The molecule has 0 saturated carbocycles. The molecule has 2 aromatic rings. The van der Waals surface area contributed by atoms with Gasteiger partial charge in [0, 0.05) is 24.9 Å². The van der Waals surface area contributed by atoms with E-state index < -0.39 is 6.04 Å². The smallest absolute Gasteiger partial charge is 0.252 e. The molecule has 5 nitrogen and oxygen atoms in total. The van der Waals surface area contributed by atoms with Crippen LogP contribution in [0.5, 0.6) is 0 Å². The van der Waals surface area contributed by atoms with E-state index in [2.05, 4.69) is 10.6 Å². The fraction of sp³-hybridized carbons (Fsp3) is 0.250. The highest BCUT2D eigenvalue weighted by molar-refractivity contribution is 6.00. The molecule has 1 aromatic heterocycles. The SMILES string of the molecule is O=C1N[C@@H](C(=O)NCCc2ccco2)Cc2ccccc21. The van der Waals surface area contributed by atoms with Crippen LogP contribution in [0.15, 0.2) is 47.1 Å². The van der Waals surface area contributed by atoms with Gasteiger partial charge in [-0.3, -0.25) is 9.59 Å². The van der Waals surface area contributed by atoms with E-state index in [9.17, 15) is 9.59 Å². The van der Waals surface area contributed by atoms with Gasteiger partial charge in [-0.25, -0.2) is 0 Å². The van der Waals surface area contributed by atoms with E-state index in [0.29, 0.717) is 24.9 Å². The zero-order valence-corrected chi connectivity index (χ0v) is 11.5. The van der Waals surface area contributed by atoms with E-state index in [-0.39, 0.29) is 11.8 Å². The van der Waals surface area contributed by atoms with Gasteiger partial charge in [-0.05, 0) is 23.8 Å². The average Bonchev–Trinajstić information content (AvgIpc) is 3.00. The Bertz CT molecular complexity index is 649. The summed E-state index contributed by atoms with van der Waals surface area (Å²) in [7, 11) is 0. The molecule has 1 aromatic carbocycles. The highest BCUT2D eigenvalue weighted by Gasteiger charge is 2.28. The molecular formula is C16H16N2O3. The second kappa shape index (κ2) is 5.83. The van der Waals surface area contributed by atoms with Crippen LogP contribution in [0.25, 0.3) is 0 Å². The third kappa shape index (κ3) is 2.97. The quantitative estimate of drug-likeness (QED) is 0.888. The van der Waals surface area contributed by atoms with E-state index in [1.165, 1.54) is 0 Å². The molecule has 0 saturated heterocycles. The Labute approximate surface area is 122 Å². The molecule has 0 fully saturated rings. The molecule has 0 unspecified atom stereocenters. The topological polar surface area (TPSA) is 71.3 Å². The molecule has 0 aliphatic carbocycles. The third-order valence-electron chi connectivity index (χ3n) is 3.56. The van der Waals surface area contributed by atoms with E-state index in [0.717, 1.165) is 11.3 Å². The minimum atomic E-state index is -0.510. The van der Waals surface area contributed by atoms with Gasteiger partial charge in [0.25, 0.3) is 5.91 Å². The minimum Gasteiger partial charge on any atom is -0.469 e. The second-order valence-corrected chi connectivity index (χ2v) is 5.01. The van der Waals surface area contributed by atoms with Gasteiger partial charge >= 0.3 is 0 Å². The first-order valence-electron chi connectivity index (χ1n) is 6.93. The fourth-order valence-corrected chi connectivity index (χ4v) is 2.47. The van der Waals surface area contributed by atoms with E-state index >= 15 is 0 Å². The maximum absolute atomic E-state index is 12.1. The lowest BCUT2D eigenvalue weighted by atomic mass is 9.95. The monoisotopic (exact) mass is 284 g/mol. The Kier molecular flexibility index (Phi) is 3.73. The average molecular weight is 284 g/mol. The lowest BCUT2D eigenvalue weighted by Gasteiger charge is -2.24. The van der Waals surface area contributed by atoms with Crippen LogP contribution in [0.4, 0.5) is 0 Å². The molecule has 2 amide bonds. The summed E-state index contributed by atoms with van der Waals surface area (Å²) in [6.45, 7) is 0.486. The van der Waals surface area contributed by atoms with Crippen LogP contribution in [0, 0.1) is 0 Å². The van der Waals surface area contributed by atoms with Crippen molar-refractivity contribution in [1.29, 1.82) is 0 Å². The van der Waals surface area contributed by atoms with Gasteiger partial charge in [-0.2, -0.15) is 0 Å². The first kappa shape index (κ1) is 13.4. The van der Waals surface area contributed by atoms with E-state index in [1.54, 1.807) is 12.3 Å². The van der Waals surface area contributed by atoms with Gasteiger partial charge in [0.05, 0.1) is 6.26 Å². The van der Waals surface area contributed by atoms with Crippen LogP contribution in [0.1, 0.15) is 21.7 Å². The van der Waals surface area contributed by atoms with Gasteiger partial charge in [-0.1, -0.05) is 18.2 Å². The second-order valence-electron chi connectivity index (χ2n) is 5.01. The normalized spacial score (nSPS) is 17.0. The number of hydrogen-bond acceptors (Lipinski definition) is 3. The summed E-state index contributed by atoms with van der Waals surface area (Å²) in [5, 5.41) is 5.57. The summed E-state index contributed by atoms with van der Waals surface area (Å²) < 4.78 is 5.20. The third-order valence-corrected chi connectivity index (χ3v) is 3.56. The van der Waals surface area contributed by atoms with Crippen molar-refractivity contribution < 1.29 is 14.0 Å². The summed E-state index contributed by atoms with van der Waals surface area (Å²) in [4.78, 5) is 24.1. The Balaban J connectivity index is 1.58. The number of benzene rings is 1. The Morgan fingerprint density at radius 1 is 1.29 bits per heavy atom. The highest BCUT2D eigenvalue weighted by Crippen LogP contribution is 2.16. The van der Waals surface area contributed by atoms with Crippen LogP contribution in [0.3, 0.4) is 0 Å². The molecule has 2 N–H and O–H groups in total. The first-order chi connectivity index (χ1) is 10.2. The van der Waals surface area contributed by atoms with Crippen molar-refractivity contribution >= 4 is 11.8 Å². The lowest BCUT2D eigenvalue weighted by Crippen LogP contribution is -2.51. The van der Waals surface area contributed by atoms with Crippen molar-refractivity contribution in [3.05, 3.63) is 59.5 Å². The number of carbonyl (C=O) groups is 2. The number of fused-ring (bicyclic) bond motifs is 1. The highest BCUT2D eigenvalue weighted by atomic mass is 16.3. The van der Waals surface area contributed by atoms with E-state index in [4.69, 9.17) is 4.42 Å². The van der Waals surface area contributed by atoms with Crippen molar-refractivity contribution in [2.24, 2.45) is 0 Å². The summed E-state index contributed by atoms with van der Waals surface area (Å²) in [6.07, 6.45) is 2.76. The number of carbonyl (C=O) groups excluding carboxylic acids is 2. The molecule has 1 atom stereocenters. The van der Waals surface area contributed by atoms with Gasteiger partial charge < -0.3 is 15.1 Å². The minimum absolute atomic E-state index is 0.163. The molecule has 0 radical (unpaired) electrons. The van der Waals surface area contributed by atoms with Gasteiger partial charge in [0.15, 0.2) is 0 Å². The predicted octanol–water partition coefficient (Wildman–Crippen LogP) is 1.29. The van der Waals surface area contributed by atoms with Crippen LogP contribution in [-0.2, 0) is 17.6 Å². The van der Waals surface area contributed by atoms with Crippen molar-refractivity contribution in [3.63, 3.8) is 0 Å². The Morgan fingerprint density at radius 2 is 2.14 bits per heavy atom. The Hall–Kier alpha value is -2.56. The summed E-state index contributed by atoms with van der Waals surface area (Å²) in [6, 6.07) is 10.5. The number of rotatable bonds is 4. The van der Waals surface area contributed by atoms with Crippen molar-refractivity contribution in [2.45, 2.75) is 18.9 Å². The number of furan rings is 1. The zero-order chi connectivity index (χ0) is 14.7. The first-order valence-corrected chi connectivity index (χ1v) is 6.93. The molecular weight excluding hydrogens is 268 g/mol. The largest absolute Gasteiger partial charge is 0.469 e. The fourth-order valence-electron chi connectivity index (χ4n) is 2.47. The van der Waals surface area contributed by atoms with Crippen molar-refractivity contribution in [3.8, 4) is 0 Å². The summed E-state index contributed by atoms with van der Waals surface area (Å²) in [5.41, 5.74) is 1.56. The number of hydrogen-bond donors (Lipinski definition) is 2. The maximum Gasteiger partial charge on any atom is 0.252 e. The molecule has 5 heteroatoms. The number of nitrogens with one attached hydrogen (secondary N) is 2. The molecule has 1 aliphatic heterocycles. The van der Waals surface area contributed by atoms with Crippen LogP contribution < -0.4 is 10.6 Å². The summed E-state index contributed by atoms with van der Waals surface area (Å²) >= 11 is 0. The van der Waals surface area contributed by atoms with Gasteiger partial charge in [0.2, 0.25) is 5.91 Å².